The van der Waals surface area contributed by atoms with E-state index in [4.69, 9.17) is 4.74 Å². The van der Waals surface area contributed by atoms with Crippen LogP contribution >= 0.6 is 0 Å². The second-order valence-corrected chi connectivity index (χ2v) is 5.00. The van der Waals surface area contributed by atoms with Crippen molar-refractivity contribution in [1.82, 2.24) is 4.90 Å². The number of nitrogens with one attached hydrogen (secondary N) is 1. The van der Waals surface area contributed by atoms with Crippen LogP contribution in [0.2, 0.25) is 0 Å². The third-order valence-electron chi connectivity index (χ3n) is 3.95. The lowest BCUT2D eigenvalue weighted by Crippen LogP contribution is -2.64. The molecule has 0 aromatic heterocycles. The van der Waals surface area contributed by atoms with Gasteiger partial charge in [0, 0.05) is 18.7 Å². The molecular weight excluding hydrogens is 244 g/mol. The summed E-state index contributed by atoms with van der Waals surface area (Å²) in [5.74, 6) is -0.383. The first-order valence-electron chi connectivity index (χ1n) is 6.42. The quantitative estimate of drug-likeness (QED) is 0.763. The molecule has 1 fully saturated rings. The maximum Gasteiger partial charge on any atom is 0.252 e. The Labute approximate surface area is 111 Å². The molecule has 100 valence electrons. The summed E-state index contributed by atoms with van der Waals surface area (Å²) in [4.78, 5) is 27.0. The number of morpholine rings is 1. The molecular formula is C14H16N2O3. The predicted molar refractivity (Wildman–Crippen MR) is 70.2 cm³/mol. The van der Waals surface area contributed by atoms with E-state index >= 15 is 0 Å². The normalized spacial score (nSPS) is 27.8. The molecule has 5 nitrogen and oxygen atoms in total. The van der Waals surface area contributed by atoms with Crippen molar-refractivity contribution in [3.63, 3.8) is 0 Å². The van der Waals surface area contributed by atoms with Gasteiger partial charge in [-0.2, -0.15) is 0 Å². The van der Waals surface area contributed by atoms with Crippen LogP contribution < -0.4 is 5.32 Å². The van der Waals surface area contributed by atoms with Crippen LogP contribution in [0.15, 0.2) is 24.3 Å². The van der Waals surface area contributed by atoms with E-state index in [1.54, 1.807) is 19.1 Å². The van der Waals surface area contributed by atoms with Crippen molar-refractivity contribution in [3.8, 4) is 0 Å². The standard InChI is InChI=1S/C14H16N2O3/c1-14(16-6-8-19-9-7-16)12(17)10-4-2-3-5-11(10)15-13(14)18/h2-5H,6-9H2,1H3,(H,15,18). The van der Waals surface area contributed by atoms with Gasteiger partial charge in [0.2, 0.25) is 0 Å². The molecule has 5 heteroatoms. The van der Waals surface area contributed by atoms with Gasteiger partial charge in [0.05, 0.1) is 18.9 Å². The molecule has 1 N–H and O–H groups in total. The number of ketones is 1. The van der Waals surface area contributed by atoms with Crippen molar-refractivity contribution >= 4 is 17.4 Å². The lowest BCUT2D eigenvalue weighted by atomic mass is 9.84. The summed E-state index contributed by atoms with van der Waals surface area (Å²) in [5, 5.41) is 2.84. The molecule has 2 heterocycles. The van der Waals surface area contributed by atoms with Crippen molar-refractivity contribution in [2.75, 3.05) is 31.6 Å². The van der Waals surface area contributed by atoms with Gasteiger partial charge in [0.1, 0.15) is 0 Å². The van der Waals surface area contributed by atoms with E-state index in [2.05, 4.69) is 5.32 Å². The van der Waals surface area contributed by atoms with Gasteiger partial charge in [0.15, 0.2) is 11.3 Å². The topological polar surface area (TPSA) is 58.6 Å². The van der Waals surface area contributed by atoms with Crippen LogP contribution in [0.4, 0.5) is 5.69 Å². The summed E-state index contributed by atoms with van der Waals surface area (Å²) >= 11 is 0. The third-order valence-corrected chi connectivity index (χ3v) is 3.95. The van der Waals surface area contributed by atoms with Gasteiger partial charge in [-0.15, -0.1) is 0 Å². The van der Waals surface area contributed by atoms with Crippen molar-refractivity contribution in [2.24, 2.45) is 0 Å². The lowest BCUT2D eigenvalue weighted by Gasteiger charge is -2.42. The van der Waals surface area contributed by atoms with E-state index in [0.717, 1.165) is 0 Å². The molecule has 0 spiro atoms. The highest BCUT2D eigenvalue weighted by Gasteiger charge is 2.50. The molecule has 0 saturated carbocycles. The Morgan fingerprint density at radius 2 is 1.89 bits per heavy atom. The Balaban J connectivity index is 2.02. The number of para-hydroxylation sites is 1. The Bertz CT molecular complexity index is 537. The minimum absolute atomic E-state index is 0.131. The average molecular weight is 260 g/mol. The van der Waals surface area contributed by atoms with Gasteiger partial charge in [-0.3, -0.25) is 14.5 Å². The van der Waals surface area contributed by atoms with Gasteiger partial charge in [-0.1, -0.05) is 12.1 Å². The number of fused-ring (bicyclic) bond motifs is 1. The molecule has 0 bridgehead atoms. The van der Waals surface area contributed by atoms with Gasteiger partial charge in [-0.25, -0.2) is 0 Å². The maximum absolute atomic E-state index is 12.7. The third kappa shape index (κ3) is 1.77. The largest absolute Gasteiger partial charge is 0.379 e. The Morgan fingerprint density at radius 1 is 1.21 bits per heavy atom. The number of carbonyl (C=O) groups excluding carboxylic acids is 2. The summed E-state index contributed by atoms with van der Waals surface area (Å²) < 4.78 is 5.29. The zero-order chi connectivity index (χ0) is 13.5. The van der Waals surface area contributed by atoms with Crippen LogP contribution in [-0.2, 0) is 9.53 Å². The first-order chi connectivity index (χ1) is 9.14. The van der Waals surface area contributed by atoms with Crippen molar-refractivity contribution < 1.29 is 14.3 Å². The molecule has 1 aromatic carbocycles. The van der Waals surface area contributed by atoms with E-state index < -0.39 is 5.54 Å². The van der Waals surface area contributed by atoms with E-state index in [9.17, 15) is 9.59 Å². The molecule has 1 saturated heterocycles. The van der Waals surface area contributed by atoms with E-state index in [1.807, 2.05) is 17.0 Å². The molecule has 1 unspecified atom stereocenters. The summed E-state index contributed by atoms with van der Waals surface area (Å²) in [7, 11) is 0. The highest BCUT2D eigenvalue weighted by Crippen LogP contribution is 2.32. The number of anilines is 1. The number of ether oxygens (including phenoxy) is 1. The van der Waals surface area contributed by atoms with E-state index in [1.165, 1.54) is 0 Å². The number of carbonyl (C=O) groups is 2. The Kier molecular flexibility index (Phi) is 2.88. The zero-order valence-electron chi connectivity index (χ0n) is 10.8. The molecule has 3 rings (SSSR count). The minimum atomic E-state index is -1.13. The van der Waals surface area contributed by atoms with Gasteiger partial charge < -0.3 is 10.1 Å². The second kappa shape index (κ2) is 4.43. The van der Waals surface area contributed by atoms with Crippen LogP contribution in [0.1, 0.15) is 17.3 Å². The minimum Gasteiger partial charge on any atom is -0.379 e. The Morgan fingerprint density at radius 3 is 2.63 bits per heavy atom. The number of amides is 1. The number of Topliss-reactive ketones (excluding diaryl/α,β-unsaturated/α-hetero) is 1. The predicted octanol–water partition coefficient (Wildman–Crippen LogP) is 0.912. The first-order valence-corrected chi connectivity index (χ1v) is 6.42. The van der Waals surface area contributed by atoms with Crippen molar-refractivity contribution in [1.29, 1.82) is 0 Å². The number of nitrogens with zero attached hydrogens (tertiary/aromatic N) is 1. The molecule has 1 aromatic rings. The van der Waals surface area contributed by atoms with E-state index in [0.29, 0.717) is 37.6 Å². The molecule has 1 amide bonds. The second-order valence-electron chi connectivity index (χ2n) is 5.00. The van der Waals surface area contributed by atoms with Crippen LogP contribution in [0.25, 0.3) is 0 Å². The highest BCUT2D eigenvalue weighted by molar-refractivity contribution is 6.27. The molecule has 1 atom stereocenters. The monoisotopic (exact) mass is 260 g/mol. The number of hydrogen-bond donors (Lipinski definition) is 1. The van der Waals surface area contributed by atoms with Gasteiger partial charge in [0.25, 0.3) is 5.91 Å². The Hall–Kier alpha value is -1.72. The van der Waals surface area contributed by atoms with Crippen LogP contribution in [0.5, 0.6) is 0 Å². The molecule has 0 radical (unpaired) electrons. The highest BCUT2D eigenvalue weighted by atomic mass is 16.5. The summed E-state index contributed by atoms with van der Waals surface area (Å²) in [5.41, 5.74) is 0.0531. The lowest BCUT2D eigenvalue weighted by molar-refractivity contribution is -0.127. The fourth-order valence-corrected chi connectivity index (χ4v) is 2.70. The summed E-state index contributed by atoms with van der Waals surface area (Å²) in [6, 6.07) is 7.14. The fourth-order valence-electron chi connectivity index (χ4n) is 2.70. The SMILES string of the molecule is CC1(N2CCOCC2)C(=O)Nc2ccccc2C1=O. The van der Waals surface area contributed by atoms with Crippen LogP contribution in [0, 0.1) is 0 Å². The average Bonchev–Trinajstić information content (AvgIpc) is 2.46. The molecule has 2 aliphatic heterocycles. The number of benzene rings is 1. The summed E-state index contributed by atoms with van der Waals surface area (Å²) in [6.07, 6.45) is 0. The molecule has 19 heavy (non-hydrogen) atoms. The van der Waals surface area contributed by atoms with Crippen molar-refractivity contribution in [3.05, 3.63) is 29.8 Å². The van der Waals surface area contributed by atoms with E-state index in [-0.39, 0.29) is 11.7 Å². The zero-order valence-corrected chi connectivity index (χ0v) is 10.8. The van der Waals surface area contributed by atoms with Crippen LogP contribution in [-0.4, -0.2) is 48.4 Å². The number of rotatable bonds is 1. The van der Waals surface area contributed by atoms with Crippen molar-refractivity contribution in [2.45, 2.75) is 12.5 Å². The van der Waals surface area contributed by atoms with Crippen LogP contribution in [0.3, 0.4) is 0 Å². The van der Waals surface area contributed by atoms with Gasteiger partial charge in [-0.05, 0) is 19.1 Å². The number of hydrogen-bond acceptors (Lipinski definition) is 4. The molecule has 2 aliphatic rings. The fraction of sp³-hybridized carbons (Fsp3) is 0.429. The smallest absolute Gasteiger partial charge is 0.252 e. The summed E-state index contributed by atoms with van der Waals surface area (Å²) in [6.45, 7) is 4.00. The van der Waals surface area contributed by atoms with Gasteiger partial charge >= 0.3 is 0 Å². The first kappa shape index (κ1) is 12.3. The molecule has 0 aliphatic carbocycles. The maximum atomic E-state index is 12.7.